The van der Waals surface area contributed by atoms with Crippen molar-refractivity contribution in [1.82, 2.24) is 0 Å². The van der Waals surface area contributed by atoms with Crippen LogP contribution in [0.2, 0.25) is 0 Å². The van der Waals surface area contributed by atoms with Gasteiger partial charge in [0.15, 0.2) is 0 Å². The van der Waals surface area contributed by atoms with E-state index in [4.69, 9.17) is 20.2 Å². The highest BCUT2D eigenvalue weighted by molar-refractivity contribution is 8.08. The molecule has 3 nitrogen and oxygen atoms in total. The number of hydrogen-bond acceptors (Lipinski definition) is 3. The minimum atomic E-state index is -1.26. The van der Waals surface area contributed by atoms with Crippen LogP contribution in [-0.2, 0) is 19.5 Å². The topological polar surface area (TPSA) is 35.5 Å². The third kappa shape index (κ3) is 3.16. The molecule has 0 aromatic carbocycles. The SMILES string of the molecule is O=S(Cl)CC1CCC2(CCOCC2)CO1. The highest BCUT2D eigenvalue weighted by Gasteiger charge is 2.37. The number of halogens is 1. The third-order valence-corrected chi connectivity index (χ3v) is 4.50. The quantitative estimate of drug-likeness (QED) is 0.704. The Bertz CT molecular complexity index is 231. The molecule has 0 amide bonds. The molecule has 2 atom stereocenters. The molecule has 0 bridgehead atoms. The van der Waals surface area contributed by atoms with E-state index in [1.807, 2.05) is 0 Å². The van der Waals surface area contributed by atoms with Crippen molar-refractivity contribution in [3.8, 4) is 0 Å². The predicted octanol–water partition coefficient (Wildman–Crippen LogP) is 1.86. The molecule has 15 heavy (non-hydrogen) atoms. The molecule has 2 saturated heterocycles. The van der Waals surface area contributed by atoms with E-state index in [0.717, 1.165) is 45.5 Å². The van der Waals surface area contributed by atoms with Gasteiger partial charge in [0, 0.05) is 13.2 Å². The summed E-state index contributed by atoms with van der Waals surface area (Å²) in [4.78, 5) is 0. The van der Waals surface area contributed by atoms with Crippen LogP contribution >= 0.6 is 10.7 Å². The average Bonchev–Trinajstić information content (AvgIpc) is 2.23. The van der Waals surface area contributed by atoms with Crippen LogP contribution in [0.15, 0.2) is 0 Å². The van der Waals surface area contributed by atoms with E-state index in [1.165, 1.54) is 0 Å². The highest BCUT2D eigenvalue weighted by Crippen LogP contribution is 2.39. The van der Waals surface area contributed by atoms with Crippen molar-refractivity contribution in [2.24, 2.45) is 5.41 Å². The summed E-state index contributed by atoms with van der Waals surface area (Å²) in [5.74, 6) is 0.466. The zero-order valence-electron chi connectivity index (χ0n) is 8.75. The molecule has 0 saturated carbocycles. The lowest BCUT2D eigenvalue weighted by molar-refractivity contribution is -0.0981. The lowest BCUT2D eigenvalue weighted by atomic mass is 9.75. The second kappa shape index (κ2) is 5.13. The van der Waals surface area contributed by atoms with Crippen molar-refractivity contribution in [2.75, 3.05) is 25.6 Å². The van der Waals surface area contributed by atoms with E-state index in [9.17, 15) is 4.21 Å². The number of ether oxygens (including phenoxy) is 2. The number of rotatable bonds is 2. The molecular formula is C10H17ClO3S. The molecule has 5 heteroatoms. The van der Waals surface area contributed by atoms with Gasteiger partial charge in [-0.15, -0.1) is 0 Å². The van der Waals surface area contributed by atoms with Crippen LogP contribution in [0.1, 0.15) is 25.7 Å². The summed E-state index contributed by atoms with van der Waals surface area (Å²) < 4.78 is 22.0. The molecule has 0 aromatic heterocycles. The molecule has 2 fully saturated rings. The summed E-state index contributed by atoms with van der Waals surface area (Å²) in [6, 6.07) is 0. The molecule has 88 valence electrons. The Morgan fingerprint density at radius 1 is 1.33 bits per heavy atom. The first-order chi connectivity index (χ1) is 7.20. The zero-order chi connectivity index (χ0) is 10.7. The van der Waals surface area contributed by atoms with Crippen molar-refractivity contribution < 1.29 is 13.7 Å². The second-order valence-corrected chi connectivity index (χ2v) is 6.49. The summed E-state index contributed by atoms with van der Waals surface area (Å²) in [5.41, 5.74) is 0.336. The summed E-state index contributed by atoms with van der Waals surface area (Å²) in [6.45, 7) is 2.50. The van der Waals surface area contributed by atoms with Crippen molar-refractivity contribution in [3.05, 3.63) is 0 Å². The molecule has 2 unspecified atom stereocenters. The molecular weight excluding hydrogens is 236 g/mol. The van der Waals surface area contributed by atoms with Crippen LogP contribution in [0.3, 0.4) is 0 Å². The molecule has 2 aliphatic rings. The largest absolute Gasteiger partial charge is 0.381 e. The van der Waals surface area contributed by atoms with Gasteiger partial charge in [0.2, 0.25) is 0 Å². The van der Waals surface area contributed by atoms with Crippen molar-refractivity contribution >= 4 is 20.7 Å². The minimum absolute atomic E-state index is 0.0943. The first-order valence-electron chi connectivity index (χ1n) is 5.44. The van der Waals surface area contributed by atoms with Crippen LogP contribution in [-0.4, -0.2) is 35.9 Å². The van der Waals surface area contributed by atoms with Gasteiger partial charge < -0.3 is 9.47 Å². The summed E-state index contributed by atoms with van der Waals surface area (Å²) >= 11 is 0. The van der Waals surface area contributed by atoms with E-state index in [-0.39, 0.29) is 6.10 Å². The molecule has 1 spiro atoms. The smallest absolute Gasteiger partial charge is 0.117 e. The van der Waals surface area contributed by atoms with Crippen LogP contribution in [0.5, 0.6) is 0 Å². The van der Waals surface area contributed by atoms with Gasteiger partial charge in [-0.3, -0.25) is 0 Å². The van der Waals surface area contributed by atoms with Gasteiger partial charge in [0.1, 0.15) is 10.0 Å². The van der Waals surface area contributed by atoms with Crippen molar-refractivity contribution in [1.29, 1.82) is 0 Å². The molecule has 0 radical (unpaired) electrons. The maximum Gasteiger partial charge on any atom is 0.117 e. The van der Waals surface area contributed by atoms with Crippen LogP contribution in [0, 0.1) is 5.41 Å². The van der Waals surface area contributed by atoms with Gasteiger partial charge in [0.05, 0.1) is 18.5 Å². The van der Waals surface area contributed by atoms with E-state index >= 15 is 0 Å². The lowest BCUT2D eigenvalue weighted by Crippen LogP contribution is -2.41. The van der Waals surface area contributed by atoms with Crippen LogP contribution < -0.4 is 0 Å². The Kier molecular flexibility index (Phi) is 4.04. The molecule has 2 heterocycles. The minimum Gasteiger partial charge on any atom is -0.381 e. The predicted molar refractivity (Wildman–Crippen MR) is 60.3 cm³/mol. The van der Waals surface area contributed by atoms with E-state index in [2.05, 4.69) is 0 Å². The summed E-state index contributed by atoms with van der Waals surface area (Å²) in [5, 5.41) is 0. The van der Waals surface area contributed by atoms with E-state index in [0.29, 0.717) is 11.2 Å². The first-order valence-corrected chi connectivity index (χ1v) is 7.59. The highest BCUT2D eigenvalue weighted by atomic mass is 35.7. The van der Waals surface area contributed by atoms with Crippen molar-refractivity contribution in [3.63, 3.8) is 0 Å². The van der Waals surface area contributed by atoms with Crippen molar-refractivity contribution in [2.45, 2.75) is 31.8 Å². The fourth-order valence-corrected chi connectivity index (χ4v) is 3.37. The van der Waals surface area contributed by atoms with Crippen LogP contribution in [0.4, 0.5) is 0 Å². The Morgan fingerprint density at radius 3 is 2.60 bits per heavy atom. The Balaban J connectivity index is 1.82. The molecule has 2 rings (SSSR count). The fraction of sp³-hybridized carbons (Fsp3) is 1.00. The van der Waals surface area contributed by atoms with Gasteiger partial charge >= 0.3 is 0 Å². The standard InChI is InChI=1S/C10H17ClO3S/c11-15(12)7-9-1-2-10(8-14-9)3-5-13-6-4-10/h9H,1-8H2. The fourth-order valence-electron chi connectivity index (χ4n) is 2.39. The molecule has 0 aliphatic carbocycles. The van der Waals surface area contributed by atoms with Gasteiger partial charge in [-0.25, -0.2) is 4.21 Å². The maximum atomic E-state index is 10.9. The zero-order valence-corrected chi connectivity index (χ0v) is 10.3. The van der Waals surface area contributed by atoms with Gasteiger partial charge in [0.25, 0.3) is 0 Å². The third-order valence-electron chi connectivity index (χ3n) is 3.49. The monoisotopic (exact) mass is 252 g/mol. The Morgan fingerprint density at radius 2 is 2.07 bits per heavy atom. The summed E-state index contributed by atoms with van der Waals surface area (Å²) in [6.07, 6.45) is 4.44. The van der Waals surface area contributed by atoms with Gasteiger partial charge in [-0.05, 0) is 41.8 Å². The lowest BCUT2D eigenvalue weighted by Gasteiger charge is -2.42. The van der Waals surface area contributed by atoms with Gasteiger partial charge in [-0.2, -0.15) is 0 Å². The molecule has 0 N–H and O–H groups in total. The molecule has 2 aliphatic heterocycles. The van der Waals surface area contributed by atoms with E-state index in [1.54, 1.807) is 0 Å². The molecule has 0 aromatic rings. The number of hydrogen-bond donors (Lipinski definition) is 0. The average molecular weight is 253 g/mol. The maximum absolute atomic E-state index is 10.9. The summed E-state index contributed by atoms with van der Waals surface area (Å²) in [7, 11) is 4.20. The van der Waals surface area contributed by atoms with E-state index < -0.39 is 10.0 Å². The Hall–Kier alpha value is 0.360. The normalized spacial score (nSPS) is 32.7. The second-order valence-electron chi connectivity index (χ2n) is 4.54. The Labute approximate surface area is 97.4 Å². The first kappa shape index (κ1) is 11.8. The van der Waals surface area contributed by atoms with Gasteiger partial charge in [-0.1, -0.05) is 0 Å². The van der Waals surface area contributed by atoms with Crippen LogP contribution in [0.25, 0.3) is 0 Å².